The smallest absolute Gasteiger partial charge is 0.428 e. The molecule has 1 aromatic carbocycles. The molecule has 0 heterocycles. The van der Waals surface area contributed by atoms with Crippen LogP contribution in [-0.4, -0.2) is 24.2 Å². The van der Waals surface area contributed by atoms with Crippen LogP contribution in [0.4, 0.5) is 17.6 Å². The number of rotatable bonds is 6. The summed E-state index contributed by atoms with van der Waals surface area (Å²) in [7, 11) is 0. The van der Waals surface area contributed by atoms with E-state index < -0.39 is 24.3 Å². The van der Waals surface area contributed by atoms with Gasteiger partial charge in [0, 0.05) is 12.6 Å². The Hall–Kier alpha value is -1.05. The van der Waals surface area contributed by atoms with Crippen LogP contribution < -0.4 is 10.5 Å². The minimum Gasteiger partial charge on any atom is -0.428 e. The average Bonchev–Trinajstić information content (AvgIpc) is 2.29. The lowest BCUT2D eigenvalue weighted by molar-refractivity contribution is -0.253. The van der Waals surface area contributed by atoms with Gasteiger partial charge in [-0.05, 0) is 24.1 Å². The van der Waals surface area contributed by atoms with Crippen LogP contribution in [0.5, 0.6) is 5.75 Å². The quantitative estimate of drug-likeness (QED) is 0.795. The molecule has 0 saturated carbocycles. The summed E-state index contributed by atoms with van der Waals surface area (Å²) in [5.41, 5.74) is 6.07. The Labute approximate surface area is 113 Å². The summed E-state index contributed by atoms with van der Waals surface area (Å²) >= 11 is 0. The van der Waals surface area contributed by atoms with Crippen LogP contribution >= 0.6 is 12.4 Å². The van der Waals surface area contributed by atoms with E-state index in [-0.39, 0.29) is 25.4 Å². The van der Waals surface area contributed by atoms with Crippen molar-refractivity contribution in [2.75, 3.05) is 6.61 Å². The van der Waals surface area contributed by atoms with Gasteiger partial charge in [-0.25, -0.2) is 0 Å². The van der Waals surface area contributed by atoms with E-state index in [1.54, 1.807) is 0 Å². The van der Waals surface area contributed by atoms with Crippen molar-refractivity contribution in [2.24, 2.45) is 5.73 Å². The number of nitrogens with two attached hydrogens (primary N) is 1. The fraction of sp³-hybridized carbons (Fsp3) is 0.455. The number of ether oxygens (including phenoxy) is 1. The number of hydrogen-bond acceptors (Lipinski definition) is 3. The number of halogens is 5. The number of benzene rings is 1. The molecule has 110 valence electrons. The number of aliphatic hydroxyl groups is 1. The minimum absolute atomic E-state index is 0. The molecule has 1 aromatic rings. The molecule has 0 radical (unpaired) electrons. The van der Waals surface area contributed by atoms with Crippen molar-refractivity contribution in [1.82, 2.24) is 0 Å². The van der Waals surface area contributed by atoms with E-state index in [1.807, 2.05) is 0 Å². The van der Waals surface area contributed by atoms with Crippen molar-refractivity contribution in [1.29, 1.82) is 0 Å². The molecule has 3 N–H and O–H groups in total. The average molecular weight is 304 g/mol. The molecule has 3 nitrogen and oxygen atoms in total. The van der Waals surface area contributed by atoms with Gasteiger partial charge in [0.25, 0.3) is 0 Å². The molecule has 0 fully saturated rings. The van der Waals surface area contributed by atoms with E-state index in [1.165, 1.54) is 12.1 Å². The molecule has 19 heavy (non-hydrogen) atoms. The van der Waals surface area contributed by atoms with Gasteiger partial charge >= 0.3 is 12.5 Å². The third-order valence-electron chi connectivity index (χ3n) is 2.23. The molecule has 0 aromatic heterocycles. The largest absolute Gasteiger partial charge is 0.461 e. The topological polar surface area (TPSA) is 55.5 Å². The van der Waals surface area contributed by atoms with Crippen molar-refractivity contribution in [2.45, 2.75) is 25.0 Å². The zero-order valence-corrected chi connectivity index (χ0v) is 10.5. The monoisotopic (exact) mass is 303 g/mol. The van der Waals surface area contributed by atoms with Gasteiger partial charge in [-0.15, -0.1) is 12.4 Å². The molecular weight excluding hydrogens is 290 g/mol. The van der Waals surface area contributed by atoms with E-state index in [0.29, 0.717) is 5.56 Å². The van der Waals surface area contributed by atoms with Crippen LogP contribution in [0.15, 0.2) is 24.3 Å². The standard InChI is InChI=1S/C11H13F4NO2.ClH/c12-10(13)11(14,15)18-8-3-1-2-7(6-8)9(16)4-5-17;/h1-3,6,9-10,17H,4-5,16H2;1H/t9-;/m1./s1. The summed E-state index contributed by atoms with van der Waals surface area (Å²) in [6.45, 7) is -0.167. The summed E-state index contributed by atoms with van der Waals surface area (Å²) in [5, 5.41) is 8.70. The van der Waals surface area contributed by atoms with Crippen LogP contribution in [0.25, 0.3) is 0 Å². The second-order valence-corrected chi connectivity index (χ2v) is 3.66. The summed E-state index contributed by atoms with van der Waals surface area (Å²) in [5.74, 6) is -0.397. The molecule has 0 spiro atoms. The molecule has 8 heteroatoms. The van der Waals surface area contributed by atoms with Crippen LogP contribution in [0.3, 0.4) is 0 Å². The third-order valence-corrected chi connectivity index (χ3v) is 2.23. The Morgan fingerprint density at radius 3 is 2.47 bits per heavy atom. The zero-order valence-electron chi connectivity index (χ0n) is 9.73. The summed E-state index contributed by atoms with van der Waals surface area (Å²) < 4.78 is 53.2. The molecule has 0 aliphatic carbocycles. The lowest BCUT2D eigenvalue weighted by Crippen LogP contribution is -2.33. The maximum absolute atomic E-state index is 12.7. The van der Waals surface area contributed by atoms with Gasteiger partial charge < -0.3 is 15.6 Å². The Balaban J connectivity index is 0.00000324. The molecule has 0 saturated heterocycles. The van der Waals surface area contributed by atoms with Gasteiger partial charge in [-0.3, -0.25) is 0 Å². The second kappa shape index (κ2) is 7.52. The van der Waals surface area contributed by atoms with Gasteiger partial charge in [0.1, 0.15) is 5.75 Å². The summed E-state index contributed by atoms with van der Waals surface area (Å²) in [6, 6.07) is 4.61. The Morgan fingerprint density at radius 2 is 1.95 bits per heavy atom. The minimum atomic E-state index is -4.54. The Kier molecular flexibility index (Phi) is 7.10. The van der Waals surface area contributed by atoms with Crippen LogP contribution in [0.1, 0.15) is 18.0 Å². The van der Waals surface area contributed by atoms with Crippen molar-refractivity contribution < 1.29 is 27.4 Å². The molecule has 1 atom stereocenters. The summed E-state index contributed by atoms with van der Waals surface area (Å²) in [4.78, 5) is 0. The number of hydrogen-bond donors (Lipinski definition) is 2. The molecule has 0 aliphatic heterocycles. The first-order valence-electron chi connectivity index (χ1n) is 5.18. The Morgan fingerprint density at radius 1 is 1.32 bits per heavy atom. The highest BCUT2D eigenvalue weighted by atomic mass is 35.5. The predicted octanol–water partition coefficient (Wildman–Crippen LogP) is 2.73. The van der Waals surface area contributed by atoms with Gasteiger partial charge in [0.2, 0.25) is 0 Å². The molecule has 0 bridgehead atoms. The number of alkyl halides is 4. The lowest BCUT2D eigenvalue weighted by atomic mass is 10.1. The van der Waals surface area contributed by atoms with Crippen molar-refractivity contribution in [3.8, 4) is 5.75 Å². The molecule has 0 aliphatic rings. The van der Waals surface area contributed by atoms with Gasteiger partial charge in [-0.1, -0.05) is 12.1 Å². The molecule has 1 rings (SSSR count). The van der Waals surface area contributed by atoms with Crippen molar-refractivity contribution in [3.63, 3.8) is 0 Å². The highest BCUT2D eigenvalue weighted by molar-refractivity contribution is 5.85. The maximum atomic E-state index is 12.7. The first-order chi connectivity index (χ1) is 8.36. The van der Waals surface area contributed by atoms with E-state index in [4.69, 9.17) is 10.8 Å². The van der Waals surface area contributed by atoms with Crippen molar-refractivity contribution in [3.05, 3.63) is 29.8 Å². The Bertz CT molecular complexity index is 393. The molecular formula is C11H14ClF4NO2. The molecule has 0 amide bonds. The predicted molar refractivity (Wildman–Crippen MR) is 63.9 cm³/mol. The fourth-order valence-corrected chi connectivity index (χ4v) is 1.32. The van der Waals surface area contributed by atoms with Gasteiger partial charge in [0.05, 0.1) is 0 Å². The van der Waals surface area contributed by atoms with Crippen LogP contribution in [-0.2, 0) is 0 Å². The van der Waals surface area contributed by atoms with Gasteiger partial charge in [-0.2, -0.15) is 17.6 Å². The lowest BCUT2D eigenvalue weighted by Gasteiger charge is -2.18. The van der Waals surface area contributed by atoms with Crippen LogP contribution in [0.2, 0.25) is 0 Å². The fourth-order valence-electron chi connectivity index (χ4n) is 1.32. The van der Waals surface area contributed by atoms with Crippen molar-refractivity contribution >= 4 is 12.4 Å². The van der Waals surface area contributed by atoms with E-state index in [0.717, 1.165) is 12.1 Å². The zero-order chi connectivity index (χ0) is 13.8. The maximum Gasteiger partial charge on any atom is 0.461 e. The van der Waals surface area contributed by atoms with E-state index in [9.17, 15) is 17.6 Å². The molecule has 0 unspecified atom stereocenters. The third kappa shape index (κ3) is 5.22. The van der Waals surface area contributed by atoms with E-state index >= 15 is 0 Å². The van der Waals surface area contributed by atoms with Crippen LogP contribution in [0, 0.1) is 0 Å². The van der Waals surface area contributed by atoms with Gasteiger partial charge in [0.15, 0.2) is 0 Å². The highest BCUT2D eigenvalue weighted by Crippen LogP contribution is 2.29. The normalized spacial score (nSPS) is 13.0. The van der Waals surface area contributed by atoms with E-state index in [2.05, 4.69) is 4.74 Å². The SMILES string of the molecule is Cl.N[C@H](CCO)c1cccc(OC(F)(F)C(F)F)c1. The summed E-state index contributed by atoms with van der Waals surface area (Å²) in [6.07, 6.45) is -8.22. The second-order valence-electron chi connectivity index (χ2n) is 3.66. The first kappa shape index (κ1) is 17.9. The number of aliphatic hydroxyl groups excluding tert-OH is 1. The first-order valence-corrected chi connectivity index (χ1v) is 5.18. The highest BCUT2D eigenvalue weighted by Gasteiger charge is 2.43.